The Labute approximate surface area is 176 Å². The molecule has 0 aromatic heterocycles. The van der Waals surface area contributed by atoms with E-state index in [1.807, 2.05) is 0 Å². The number of phenolic OH excluding ortho intramolecular Hbond substituents is 2. The molecular weight excluding hydrogens is 409 g/mol. The van der Waals surface area contributed by atoms with E-state index in [0.717, 1.165) is 38.1 Å². The molecule has 10 heteroatoms. The summed E-state index contributed by atoms with van der Waals surface area (Å²) in [7, 11) is 0. The molecule has 0 amide bonds. The van der Waals surface area contributed by atoms with Gasteiger partial charge >= 0.3 is 5.69 Å². The Morgan fingerprint density at radius 1 is 1.07 bits per heavy atom. The summed E-state index contributed by atoms with van der Waals surface area (Å²) in [5.74, 6) is -1.75. The zero-order chi connectivity index (χ0) is 18.7. The molecule has 0 aliphatic carbocycles. The number of halogens is 2. The third-order valence-electron chi connectivity index (χ3n) is 5.42. The molecule has 1 aromatic carbocycles. The molecule has 2 aliphatic heterocycles. The highest BCUT2D eigenvalue weighted by molar-refractivity contribution is 5.99. The van der Waals surface area contributed by atoms with Crippen LogP contribution in [0.25, 0.3) is 0 Å². The maximum absolute atomic E-state index is 12.5. The van der Waals surface area contributed by atoms with E-state index in [1.165, 1.54) is 32.4 Å². The fourth-order valence-electron chi connectivity index (χ4n) is 3.92. The van der Waals surface area contributed by atoms with Gasteiger partial charge in [-0.2, -0.15) is 0 Å². The predicted octanol–water partition coefficient (Wildman–Crippen LogP) is 2.98. The van der Waals surface area contributed by atoms with Gasteiger partial charge in [0, 0.05) is 30.8 Å². The zero-order valence-corrected chi connectivity index (χ0v) is 17.2. The first-order chi connectivity index (χ1) is 12.5. The number of carbonyl (C=O) groups excluding carboxylic acids is 1. The number of piperidine rings is 2. The van der Waals surface area contributed by atoms with Gasteiger partial charge in [-0.3, -0.25) is 19.8 Å². The fraction of sp³-hybridized carbons (Fsp3) is 0.611. The van der Waals surface area contributed by atoms with Gasteiger partial charge in [-0.25, -0.2) is 0 Å². The lowest BCUT2D eigenvalue weighted by atomic mass is 9.99. The number of ketones is 1. The molecule has 158 valence electrons. The first kappa shape index (κ1) is 24.4. The van der Waals surface area contributed by atoms with Gasteiger partial charge in [-0.15, -0.1) is 24.8 Å². The highest BCUT2D eigenvalue weighted by Crippen LogP contribution is 2.36. The van der Waals surface area contributed by atoms with Crippen LogP contribution in [0.1, 0.15) is 42.5 Å². The van der Waals surface area contributed by atoms with Crippen LogP contribution < -0.4 is 0 Å². The van der Waals surface area contributed by atoms with Crippen molar-refractivity contribution in [2.75, 3.05) is 32.7 Å². The lowest BCUT2D eigenvalue weighted by molar-refractivity contribution is -0.386. The highest BCUT2D eigenvalue weighted by atomic mass is 35.5. The van der Waals surface area contributed by atoms with E-state index in [1.54, 1.807) is 0 Å². The smallest absolute Gasteiger partial charge is 0.315 e. The summed E-state index contributed by atoms with van der Waals surface area (Å²) in [6.45, 7) is 4.13. The topological polar surface area (TPSA) is 107 Å². The van der Waals surface area contributed by atoms with Crippen LogP contribution in [0.5, 0.6) is 11.5 Å². The molecule has 0 spiro atoms. The van der Waals surface area contributed by atoms with E-state index in [4.69, 9.17) is 0 Å². The number of hydrogen-bond acceptors (Lipinski definition) is 7. The minimum absolute atomic E-state index is 0. The van der Waals surface area contributed by atoms with Crippen molar-refractivity contribution in [3.8, 4) is 11.5 Å². The van der Waals surface area contributed by atoms with E-state index in [0.29, 0.717) is 6.04 Å². The molecule has 0 saturated carbocycles. The Bertz CT molecular complexity index is 690. The molecule has 8 nitrogen and oxygen atoms in total. The quantitative estimate of drug-likeness (QED) is 0.316. The number of nitro groups is 1. The molecule has 1 aromatic rings. The largest absolute Gasteiger partial charge is 0.504 e. The lowest BCUT2D eigenvalue weighted by Gasteiger charge is -2.40. The number of rotatable bonds is 5. The van der Waals surface area contributed by atoms with E-state index < -0.39 is 22.1 Å². The molecule has 0 atom stereocenters. The minimum Gasteiger partial charge on any atom is -0.504 e. The first-order valence-corrected chi connectivity index (χ1v) is 9.15. The summed E-state index contributed by atoms with van der Waals surface area (Å²) in [4.78, 5) is 27.2. The summed E-state index contributed by atoms with van der Waals surface area (Å²) < 4.78 is 0. The van der Waals surface area contributed by atoms with Gasteiger partial charge in [-0.05, 0) is 44.8 Å². The van der Waals surface area contributed by atoms with Crippen molar-refractivity contribution >= 4 is 36.3 Å². The Morgan fingerprint density at radius 3 is 2.25 bits per heavy atom. The van der Waals surface area contributed by atoms with E-state index >= 15 is 0 Å². The Balaban J connectivity index is 0.00000196. The van der Waals surface area contributed by atoms with Crippen LogP contribution in [0, 0.1) is 10.1 Å². The maximum atomic E-state index is 12.5. The standard InChI is InChI=1S/C18H25N3O5.2ClH/c22-16-11-13(10-15(18(16)24)21(25)26)17(23)12-19-8-4-14(5-9-19)20-6-2-1-3-7-20;;/h10-11,14,22,24H,1-9,12H2;2*1H. The second kappa shape index (κ2) is 10.8. The van der Waals surface area contributed by atoms with Crippen LogP contribution >= 0.6 is 24.8 Å². The zero-order valence-electron chi connectivity index (χ0n) is 15.6. The van der Waals surface area contributed by atoms with Gasteiger partial charge in [0.2, 0.25) is 5.75 Å². The molecule has 2 saturated heterocycles. The SMILES string of the molecule is Cl.Cl.O=C(CN1CCC(N2CCCCC2)CC1)c1cc(O)c(O)c([N+](=O)[O-])c1. The minimum atomic E-state index is -0.811. The maximum Gasteiger partial charge on any atom is 0.315 e. The Hall–Kier alpha value is -1.61. The molecule has 2 aliphatic rings. The second-order valence-corrected chi connectivity index (χ2v) is 7.15. The van der Waals surface area contributed by atoms with E-state index in [2.05, 4.69) is 9.80 Å². The van der Waals surface area contributed by atoms with Crippen LogP contribution in [-0.4, -0.2) is 69.5 Å². The van der Waals surface area contributed by atoms with Crippen molar-refractivity contribution in [2.45, 2.75) is 38.1 Å². The number of hydrogen-bond donors (Lipinski definition) is 2. The number of nitrogens with zero attached hydrogens (tertiary/aromatic N) is 3. The Morgan fingerprint density at radius 2 is 1.68 bits per heavy atom. The van der Waals surface area contributed by atoms with Crippen LogP contribution in [0.3, 0.4) is 0 Å². The van der Waals surface area contributed by atoms with E-state index in [-0.39, 0.29) is 42.7 Å². The summed E-state index contributed by atoms with van der Waals surface area (Å²) in [5, 5.41) is 30.1. The molecule has 0 bridgehead atoms. The normalized spacial score (nSPS) is 18.7. The molecular formula is C18H27Cl2N3O5. The molecule has 2 N–H and O–H groups in total. The summed E-state index contributed by atoms with van der Waals surface area (Å²) in [6, 6.07) is 2.70. The molecule has 2 fully saturated rings. The summed E-state index contributed by atoms with van der Waals surface area (Å²) in [6.07, 6.45) is 5.89. The molecule has 0 radical (unpaired) electrons. The first-order valence-electron chi connectivity index (χ1n) is 9.15. The van der Waals surface area contributed by atoms with Crippen molar-refractivity contribution in [1.29, 1.82) is 0 Å². The van der Waals surface area contributed by atoms with Gasteiger partial charge < -0.3 is 15.1 Å². The van der Waals surface area contributed by atoms with Gasteiger partial charge in [0.15, 0.2) is 11.5 Å². The molecule has 2 heterocycles. The van der Waals surface area contributed by atoms with Gasteiger partial charge in [0.25, 0.3) is 0 Å². The van der Waals surface area contributed by atoms with E-state index in [9.17, 15) is 25.1 Å². The fourth-order valence-corrected chi connectivity index (χ4v) is 3.92. The van der Waals surface area contributed by atoms with Crippen LogP contribution in [-0.2, 0) is 0 Å². The number of carbonyl (C=O) groups is 1. The van der Waals surface area contributed by atoms with Crippen LogP contribution in [0.15, 0.2) is 12.1 Å². The highest BCUT2D eigenvalue weighted by Gasteiger charge is 2.27. The van der Waals surface area contributed by atoms with Crippen molar-refractivity contribution < 1.29 is 19.9 Å². The van der Waals surface area contributed by atoms with Crippen molar-refractivity contribution in [2.24, 2.45) is 0 Å². The van der Waals surface area contributed by atoms with Crippen molar-refractivity contribution in [3.63, 3.8) is 0 Å². The van der Waals surface area contributed by atoms with Gasteiger partial charge in [0.1, 0.15) is 0 Å². The predicted molar refractivity (Wildman–Crippen MR) is 110 cm³/mol. The lowest BCUT2D eigenvalue weighted by Crippen LogP contribution is -2.47. The van der Waals surface area contributed by atoms with Crippen molar-refractivity contribution in [3.05, 3.63) is 27.8 Å². The Kier molecular flexibility index (Phi) is 9.43. The number of aromatic hydroxyl groups is 2. The van der Waals surface area contributed by atoms with Gasteiger partial charge in [0.05, 0.1) is 11.5 Å². The number of likely N-dealkylation sites (tertiary alicyclic amines) is 2. The second-order valence-electron chi connectivity index (χ2n) is 7.15. The number of benzene rings is 1. The number of Topliss-reactive ketones (excluding diaryl/α,β-unsaturated/α-hetero) is 1. The van der Waals surface area contributed by atoms with Crippen molar-refractivity contribution in [1.82, 2.24) is 9.80 Å². The monoisotopic (exact) mass is 435 g/mol. The van der Waals surface area contributed by atoms with Crippen LogP contribution in [0.4, 0.5) is 5.69 Å². The third-order valence-corrected chi connectivity index (χ3v) is 5.42. The average molecular weight is 436 g/mol. The summed E-state index contributed by atoms with van der Waals surface area (Å²) in [5.41, 5.74) is -0.609. The van der Waals surface area contributed by atoms with Crippen LogP contribution in [0.2, 0.25) is 0 Å². The van der Waals surface area contributed by atoms with Gasteiger partial charge in [-0.1, -0.05) is 6.42 Å². The number of nitro benzene ring substituents is 1. The summed E-state index contributed by atoms with van der Waals surface area (Å²) >= 11 is 0. The molecule has 3 rings (SSSR count). The average Bonchev–Trinajstić information content (AvgIpc) is 2.65. The number of phenols is 2. The third kappa shape index (κ3) is 5.70. The molecule has 28 heavy (non-hydrogen) atoms. The molecule has 0 unspecified atom stereocenters.